The molecule has 0 aromatic carbocycles. The van der Waals surface area contributed by atoms with Crippen LogP contribution in [0.25, 0.3) is 0 Å². The molecule has 0 radical (unpaired) electrons. The minimum atomic E-state index is -1.06. The largest absolute Gasteiger partial charge is 0.465 e. The number of hydrogen-bond donors (Lipinski definition) is 3. The molecule has 0 unspecified atom stereocenters. The molecule has 19 heavy (non-hydrogen) atoms. The van der Waals surface area contributed by atoms with Crippen molar-refractivity contribution in [1.82, 2.24) is 10.2 Å². The monoisotopic (exact) mass is 304 g/mol. The van der Waals surface area contributed by atoms with Gasteiger partial charge in [-0.1, -0.05) is 11.6 Å². The SMILES string of the molecule is O=C(NC[C@@H]1CN(C(=O)O)C[C@H]1O)c1ccc(Cl)s1. The van der Waals surface area contributed by atoms with E-state index in [1.807, 2.05) is 0 Å². The Bertz CT molecular complexity index is 493. The van der Waals surface area contributed by atoms with Crippen LogP contribution in [0.1, 0.15) is 9.67 Å². The minimum Gasteiger partial charge on any atom is -0.465 e. The number of thiophene rings is 1. The van der Waals surface area contributed by atoms with Crippen molar-refractivity contribution in [3.8, 4) is 0 Å². The summed E-state index contributed by atoms with van der Waals surface area (Å²) in [7, 11) is 0. The predicted octanol–water partition coefficient (Wildman–Crippen LogP) is 1.10. The Balaban J connectivity index is 1.86. The average Bonchev–Trinajstić information content (AvgIpc) is 2.93. The lowest BCUT2D eigenvalue weighted by molar-refractivity contribution is 0.0930. The number of amides is 2. The molecule has 1 aliphatic rings. The van der Waals surface area contributed by atoms with Crippen molar-refractivity contribution < 1.29 is 19.8 Å². The molecule has 104 valence electrons. The van der Waals surface area contributed by atoms with E-state index in [9.17, 15) is 14.7 Å². The second-order valence-electron chi connectivity index (χ2n) is 4.33. The lowest BCUT2D eigenvalue weighted by atomic mass is 10.1. The normalized spacial score (nSPS) is 22.5. The van der Waals surface area contributed by atoms with Crippen LogP contribution in [0.3, 0.4) is 0 Å². The zero-order valence-corrected chi connectivity index (χ0v) is 11.4. The number of β-amino-alcohol motifs (C(OH)–C–C–N with tert-alkyl or cyclic N) is 1. The van der Waals surface area contributed by atoms with Crippen LogP contribution in [0.15, 0.2) is 12.1 Å². The molecule has 1 aromatic heterocycles. The Morgan fingerprint density at radius 2 is 2.21 bits per heavy atom. The van der Waals surface area contributed by atoms with Crippen molar-refractivity contribution >= 4 is 34.9 Å². The predicted molar refractivity (Wildman–Crippen MR) is 70.8 cm³/mol. The molecule has 3 N–H and O–H groups in total. The molecule has 1 aliphatic heterocycles. The molecule has 8 heteroatoms. The van der Waals surface area contributed by atoms with Gasteiger partial charge in [-0.05, 0) is 12.1 Å². The van der Waals surface area contributed by atoms with E-state index in [2.05, 4.69) is 5.32 Å². The van der Waals surface area contributed by atoms with Crippen LogP contribution < -0.4 is 5.32 Å². The van der Waals surface area contributed by atoms with E-state index < -0.39 is 12.2 Å². The zero-order valence-electron chi connectivity index (χ0n) is 9.88. The van der Waals surface area contributed by atoms with Crippen LogP contribution in [0, 0.1) is 5.92 Å². The van der Waals surface area contributed by atoms with Crippen molar-refractivity contribution in [2.75, 3.05) is 19.6 Å². The third-order valence-corrected chi connectivity index (χ3v) is 4.23. The fraction of sp³-hybridized carbons (Fsp3) is 0.455. The van der Waals surface area contributed by atoms with E-state index in [4.69, 9.17) is 16.7 Å². The quantitative estimate of drug-likeness (QED) is 0.780. The minimum absolute atomic E-state index is 0.0840. The number of carbonyl (C=O) groups is 2. The van der Waals surface area contributed by atoms with Gasteiger partial charge < -0.3 is 20.4 Å². The average molecular weight is 305 g/mol. The summed E-state index contributed by atoms with van der Waals surface area (Å²) in [5, 5.41) is 21.2. The number of carboxylic acid groups (broad SMARTS) is 1. The molecule has 0 aliphatic carbocycles. The van der Waals surface area contributed by atoms with Gasteiger partial charge in [0.1, 0.15) is 0 Å². The highest BCUT2D eigenvalue weighted by Crippen LogP contribution is 2.21. The molecular weight excluding hydrogens is 292 g/mol. The lowest BCUT2D eigenvalue weighted by Crippen LogP contribution is -2.34. The van der Waals surface area contributed by atoms with Gasteiger partial charge in [0, 0.05) is 19.0 Å². The van der Waals surface area contributed by atoms with Crippen LogP contribution >= 0.6 is 22.9 Å². The van der Waals surface area contributed by atoms with Crippen molar-refractivity contribution in [3.05, 3.63) is 21.3 Å². The van der Waals surface area contributed by atoms with E-state index in [1.54, 1.807) is 12.1 Å². The first kappa shape index (κ1) is 14.1. The van der Waals surface area contributed by atoms with E-state index in [0.717, 1.165) is 4.90 Å². The van der Waals surface area contributed by atoms with Crippen molar-refractivity contribution in [2.45, 2.75) is 6.10 Å². The van der Waals surface area contributed by atoms with Crippen LogP contribution in [-0.4, -0.2) is 52.9 Å². The van der Waals surface area contributed by atoms with Gasteiger partial charge in [-0.15, -0.1) is 11.3 Å². The summed E-state index contributed by atoms with van der Waals surface area (Å²) >= 11 is 6.91. The fourth-order valence-corrected chi connectivity index (χ4v) is 2.92. The summed E-state index contributed by atoms with van der Waals surface area (Å²) in [6, 6.07) is 3.26. The van der Waals surface area contributed by atoms with E-state index in [0.29, 0.717) is 9.21 Å². The molecule has 6 nitrogen and oxygen atoms in total. The number of likely N-dealkylation sites (tertiary alicyclic amines) is 1. The number of nitrogens with one attached hydrogen (secondary N) is 1. The van der Waals surface area contributed by atoms with Crippen molar-refractivity contribution in [2.24, 2.45) is 5.92 Å². The van der Waals surface area contributed by atoms with Crippen LogP contribution in [0.4, 0.5) is 4.79 Å². The van der Waals surface area contributed by atoms with Gasteiger partial charge in [0.05, 0.1) is 21.9 Å². The van der Waals surface area contributed by atoms with Gasteiger partial charge in [0.15, 0.2) is 0 Å². The second-order valence-corrected chi connectivity index (χ2v) is 6.04. The van der Waals surface area contributed by atoms with Crippen LogP contribution in [0.5, 0.6) is 0 Å². The highest BCUT2D eigenvalue weighted by Gasteiger charge is 2.34. The summed E-state index contributed by atoms with van der Waals surface area (Å²) in [4.78, 5) is 24.2. The van der Waals surface area contributed by atoms with Gasteiger partial charge in [-0.25, -0.2) is 4.79 Å². The third-order valence-electron chi connectivity index (χ3n) is 3.00. The van der Waals surface area contributed by atoms with Gasteiger partial charge in [-0.3, -0.25) is 4.79 Å². The first-order valence-corrected chi connectivity index (χ1v) is 6.86. The molecule has 0 saturated carbocycles. The standard InChI is InChI=1S/C11H13ClN2O4S/c12-9-2-1-8(19-9)10(16)13-3-6-4-14(11(17)18)5-7(6)15/h1-2,6-7,15H,3-5H2,(H,13,16)(H,17,18)/t6-,7-/m1/s1. The number of hydrogen-bond acceptors (Lipinski definition) is 4. The second kappa shape index (κ2) is 5.77. The molecular formula is C11H13ClN2O4S. The van der Waals surface area contributed by atoms with Gasteiger partial charge in [0.2, 0.25) is 0 Å². The molecule has 1 fully saturated rings. The number of aliphatic hydroxyl groups is 1. The Kier molecular flexibility index (Phi) is 4.28. The van der Waals surface area contributed by atoms with E-state index in [1.165, 1.54) is 11.3 Å². The van der Waals surface area contributed by atoms with E-state index in [-0.39, 0.29) is 31.5 Å². The molecule has 0 spiro atoms. The summed E-state index contributed by atoms with van der Waals surface area (Å²) in [6.07, 6.45) is -1.80. The first-order valence-electron chi connectivity index (χ1n) is 5.67. The van der Waals surface area contributed by atoms with Crippen molar-refractivity contribution in [1.29, 1.82) is 0 Å². The molecule has 0 bridgehead atoms. The number of halogens is 1. The summed E-state index contributed by atoms with van der Waals surface area (Å²) < 4.78 is 0.531. The highest BCUT2D eigenvalue weighted by molar-refractivity contribution is 7.17. The van der Waals surface area contributed by atoms with Crippen molar-refractivity contribution in [3.63, 3.8) is 0 Å². The Hall–Kier alpha value is -1.31. The molecule has 1 saturated heterocycles. The summed E-state index contributed by atoms with van der Waals surface area (Å²) in [5.41, 5.74) is 0. The fourth-order valence-electron chi connectivity index (χ4n) is 1.96. The maximum atomic E-state index is 11.8. The number of carbonyl (C=O) groups excluding carboxylic acids is 1. The van der Waals surface area contributed by atoms with Gasteiger partial charge >= 0.3 is 6.09 Å². The third kappa shape index (κ3) is 3.37. The lowest BCUT2D eigenvalue weighted by Gasteiger charge is -2.13. The van der Waals surface area contributed by atoms with Crippen LogP contribution in [-0.2, 0) is 0 Å². The van der Waals surface area contributed by atoms with Gasteiger partial charge in [-0.2, -0.15) is 0 Å². The van der Waals surface area contributed by atoms with E-state index >= 15 is 0 Å². The zero-order chi connectivity index (χ0) is 14.0. The number of rotatable bonds is 3. The molecule has 1 aromatic rings. The van der Waals surface area contributed by atoms with Crippen LogP contribution in [0.2, 0.25) is 4.34 Å². The first-order chi connectivity index (χ1) is 8.97. The van der Waals surface area contributed by atoms with Gasteiger partial charge in [0.25, 0.3) is 5.91 Å². The molecule has 2 amide bonds. The summed E-state index contributed by atoms with van der Waals surface area (Å²) in [6.45, 7) is 0.544. The maximum absolute atomic E-state index is 11.8. The Morgan fingerprint density at radius 1 is 1.47 bits per heavy atom. The molecule has 2 rings (SSSR count). The number of aliphatic hydroxyl groups excluding tert-OH is 1. The molecule has 2 heterocycles. The Labute approximate surface area is 118 Å². The highest BCUT2D eigenvalue weighted by atomic mass is 35.5. The summed E-state index contributed by atoms with van der Waals surface area (Å²) in [5.74, 6) is -0.548. The number of nitrogens with zero attached hydrogens (tertiary/aromatic N) is 1. The Morgan fingerprint density at radius 3 is 2.74 bits per heavy atom. The smallest absolute Gasteiger partial charge is 0.407 e. The topological polar surface area (TPSA) is 89.9 Å². The maximum Gasteiger partial charge on any atom is 0.407 e. The molecule has 2 atom stereocenters.